The van der Waals surface area contributed by atoms with E-state index in [1.54, 1.807) is 73.8 Å². The molecule has 1 aliphatic heterocycles. The van der Waals surface area contributed by atoms with Gasteiger partial charge in [-0.05, 0) is 66.7 Å². The van der Waals surface area contributed by atoms with Crippen LogP contribution in [-0.4, -0.2) is 37.7 Å². The van der Waals surface area contributed by atoms with Crippen LogP contribution in [0.25, 0.3) is 0 Å². The SMILES string of the molecule is COC(=O)c1ccc(NC(=O)c2ccc(N=C3C(=O)N(C)c4ccc(Cl)cc43)cc2)cc1. The number of carbonyl (C=O) groups is 3. The number of likely N-dealkylation sites (N-methyl/N-ethyl adjacent to an activating group) is 1. The Hall–Kier alpha value is -3.97. The van der Waals surface area contributed by atoms with Gasteiger partial charge in [-0.3, -0.25) is 9.59 Å². The van der Waals surface area contributed by atoms with Crippen molar-refractivity contribution in [1.82, 2.24) is 0 Å². The van der Waals surface area contributed by atoms with Crippen molar-refractivity contribution in [2.24, 2.45) is 4.99 Å². The number of nitrogens with one attached hydrogen (secondary N) is 1. The van der Waals surface area contributed by atoms with Gasteiger partial charge in [-0.1, -0.05) is 11.6 Å². The monoisotopic (exact) mass is 447 g/mol. The number of aliphatic imine (C=N–C) groups is 1. The average Bonchev–Trinajstić information content (AvgIpc) is 3.03. The zero-order chi connectivity index (χ0) is 22.8. The topological polar surface area (TPSA) is 88.1 Å². The number of anilines is 2. The number of hydrogen-bond acceptors (Lipinski definition) is 5. The molecule has 0 spiro atoms. The van der Waals surface area contributed by atoms with E-state index in [4.69, 9.17) is 11.6 Å². The third-order valence-corrected chi connectivity index (χ3v) is 5.25. The molecule has 7 nitrogen and oxygen atoms in total. The Morgan fingerprint density at radius 2 is 1.62 bits per heavy atom. The van der Waals surface area contributed by atoms with Crippen LogP contribution in [0.2, 0.25) is 5.02 Å². The molecule has 0 atom stereocenters. The molecular formula is C24H18ClN3O4. The number of hydrogen-bond donors (Lipinski definition) is 1. The lowest BCUT2D eigenvalue weighted by Crippen LogP contribution is -2.25. The number of halogens is 1. The number of methoxy groups -OCH3 is 1. The standard InChI is InChI=1S/C24H18ClN3O4/c1-28-20-12-7-16(25)13-19(20)21(23(28)30)26-17-8-3-14(4-9-17)22(29)27-18-10-5-15(6-11-18)24(31)32-2/h3-13H,1-2H3,(H,27,29). The molecule has 8 heteroatoms. The molecule has 3 aromatic carbocycles. The highest BCUT2D eigenvalue weighted by Gasteiger charge is 2.31. The van der Waals surface area contributed by atoms with Gasteiger partial charge < -0.3 is 15.0 Å². The first kappa shape index (κ1) is 21.3. The Morgan fingerprint density at radius 1 is 0.969 bits per heavy atom. The summed E-state index contributed by atoms with van der Waals surface area (Å²) >= 11 is 6.09. The van der Waals surface area contributed by atoms with Crippen LogP contribution in [-0.2, 0) is 9.53 Å². The molecule has 160 valence electrons. The number of amides is 2. The molecule has 0 saturated carbocycles. The van der Waals surface area contributed by atoms with Crippen LogP contribution in [0, 0.1) is 0 Å². The minimum Gasteiger partial charge on any atom is -0.465 e. The summed E-state index contributed by atoms with van der Waals surface area (Å²) in [7, 11) is 2.99. The summed E-state index contributed by atoms with van der Waals surface area (Å²) in [4.78, 5) is 42.6. The zero-order valence-corrected chi connectivity index (χ0v) is 18.0. The highest BCUT2D eigenvalue weighted by atomic mass is 35.5. The molecule has 0 aliphatic carbocycles. The Morgan fingerprint density at radius 3 is 2.28 bits per heavy atom. The summed E-state index contributed by atoms with van der Waals surface area (Å²) in [5.74, 6) is -0.986. The largest absolute Gasteiger partial charge is 0.465 e. The molecular weight excluding hydrogens is 430 g/mol. The van der Waals surface area contributed by atoms with E-state index in [9.17, 15) is 14.4 Å². The smallest absolute Gasteiger partial charge is 0.337 e. The summed E-state index contributed by atoms with van der Waals surface area (Å²) in [5.41, 5.74) is 3.60. The molecule has 0 radical (unpaired) electrons. The van der Waals surface area contributed by atoms with E-state index in [-0.39, 0.29) is 11.8 Å². The van der Waals surface area contributed by atoms with Crippen molar-refractivity contribution in [3.8, 4) is 0 Å². The van der Waals surface area contributed by atoms with Crippen molar-refractivity contribution in [2.45, 2.75) is 0 Å². The molecule has 1 N–H and O–H groups in total. The van der Waals surface area contributed by atoms with E-state index in [0.717, 1.165) is 5.69 Å². The Labute approximate surface area is 189 Å². The molecule has 1 heterocycles. The van der Waals surface area contributed by atoms with Crippen LogP contribution >= 0.6 is 11.6 Å². The van der Waals surface area contributed by atoms with Crippen molar-refractivity contribution >= 4 is 52.2 Å². The highest BCUT2D eigenvalue weighted by Crippen LogP contribution is 2.32. The van der Waals surface area contributed by atoms with Gasteiger partial charge in [0.15, 0.2) is 0 Å². The first-order chi connectivity index (χ1) is 15.4. The maximum Gasteiger partial charge on any atom is 0.337 e. The Bertz CT molecular complexity index is 1250. The van der Waals surface area contributed by atoms with E-state index >= 15 is 0 Å². The second kappa shape index (κ2) is 8.64. The van der Waals surface area contributed by atoms with Crippen molar-refractivity contribution in [3.63, 3.8) is 0 Å². The molecule has 4 rings (SSSR count). The molecule has 1 aliphatic rings. The molecule has 32 heavy (non-hydrogen) atoms. The van der Waals surface area contributed by atoms with Crippen LogP contribution in [0.5, 0.6) is 0 Å². The normalized spacial score (nSPS) is 13.8. The van der Waals surface area contributed by atoms with Gasteiger partial charge in [0.1, 0.15) is 5.71 Å². The zero-order valence-electron chi connectivity index (χ0n) is 17.3. The maximum absolute atomic E-state index is 12.6. The molecule has 0 fully saturated rings. The lowest BCUT2D eigenvalue weighted by atomic mass is 10.1. The minimum absolute atomic E-state index is 0.223. The predicted molar refractivity (Wildman–Crippen MR) is 123 cm³/mol. The lowest BCUT2D eigenvalue weighted by Gasteiger charge is -2.08. The second-order valence-electron chi connectivity index (χ2n) is 7.06. The fraction of sp³-hybridized carbons (Fsp3) is 0.0833. The molecule has 3 aromatic rings. The van der Waals surface area contributed by atoms with Crippen molar-refractivity contribution in [2.75, 3.05) is 24.4 Å². The average molecular weight is 448 g/mol. The molecule has 0 aromatic heterocycles. The quantitative estimate of drug-likeness (QED) is 0.597. The van der Waals surface area contributed by atoms with Crippen LogP contribution in [0.3, 0.4) is 0 Å². The van der Waals surface area contributed by atoms with E-state index in [1.165, 1.54) is 12.0 Å². The first-order valence-corrected chi connectivity index (χ1v) is 10.0. The Balaban J connectivity index is 1.51. The fourth-order valence-corrected chi connectivity index (χ4v) is 3.48. The summed E-state index contributed by atoms with van der Waals surface area (Å²) in [6.07, 6.45) is 0. The second-order valence-corrected chi connectivity index (χ2v) is 7.49. The van der Waals surface area contributed by atoms with Crippen LogP contribution in [0.15, 0.2) is 71.7 Å². The minimum atomic E-state index is -0.447. The summed E-state index contributed by atoms with van der Waals surface area (Å²) < 4.78 is 4.66. The van der Waals surface area contributed by atoms with Crippen molar-refractivity contribution in [3.05, 3.63) is 88.4 Å². The van der Waals surface area contributed by atoms with Gasteiger partial charge in [-0.2, -0.15) is 0 Å². The fourth-order valence-electron chi connectivity index (χ4n) is 3.31. The van der Waals surface area contributed by atoms with E-state index < -0.39 is 5.97 Å². The van der Waals surface area contributed by atoms with E-state index in [1.807, 2.05) is 0 Å². The van der Waals surface area contributed by atoms with Gasteiger partial charge >= 0.3 is 5.97 Å². The number of benzene rings is 3. The number of fused-ring (bicyclic) bond motifs is 1. The summed E-state index contributed by atoms with van der Waals surface area (Å²) in [6.45, 7) is 0. The van der Waals surface area contributed by atoms with E-state index in [2.05, 4.69) is 15.0 Å². The van der Waals surface area contributed by atoms with Crippen LogP contribution in [0.1, 0.15) is 26.3 Å². The third kappa shape index (κ3) is 4.10. The van der Waals surface area contributed by atoms with Crippen LogP contribution < -0.4 is 10.2 Å². The van der Waals surface area contributed by atoms with Crippen molar-refractivity contribution < 1.29 is 19.1 Å². The van der Waals surface area contributed by atoms with Crippen molar-refractivity contribution in [1.29, 1.82) is 0 Å². The van der Waals surface area contributed by atoms with Gasteiger partial charge in [-0.25, -0.2) is 9.79 Å². The number of carbonyl (C=O) groups excluding carboxylic acids is 3. The molecule has 0 saturated heterocycles. The molecule has 0 bridgehead atoms. The number of ether oxygens (including phenoxy) is 1. The van der Waals surface area contributed by atoms with Gasteiger partial charge in [0.05, 0.1) is 24.0 Å². The van der Waals surface area contributed by atoms with Gasteiger partial charge in [-0.15, -0.1) is 0 Å². The highest BCUT2D eigenvalue weighted by molar-refractivity contribution is 6.55. The predicted octanol–water partition coefficient (Wildman–Crippen LogP) is 4.48. The van der Waals surface area contributed by atoms with E-state index in [0.29, 0.717) is 38.8 Å². The Kier molecular flexibility index (Phi) is 5.75. The number of nitrogens with zero attached hydrogens (tertiary/aromatic N) is 2. The maximum atomic E-state index is 12.6. The molecule has 2 amide bonds. The number of rotatable bonds is 4. The summed E-state index contributed by atoms with van der Waals surface area (Å²) in [6, 6.07) is 18.2. The van der Waals surface area contributed by atoms with Gasteiger partial charge in [0.25, 0.3) is 11.8 Å². The molecule has 0 unspecified atom stereocenters. The summed E-state index contributed by atoms with van der Waals surface area (Å²) in [5, 5.41) is 3.28. The van der Waals surface area contributed by atoms with Crippen LogP contribution in [0.4, 0.5) is 17.1 Å². The third-order valence-electron chi connectivity index (χ3n) is 5.02. The van der Waals surface area contributed by atoms with Gasteiger partial charge in [0.2, 0.25) is 0 Å². The lowest BCUT2D eigenvalue weighted by molar-refractivity contribution is -0.111. The number of esters is 1. The first-order valence-electron chi connectivity index (χ1n) is 9.64. The van der Waals surface area contributed by atoms with Gasteiger partial charge in [0, 0.05) is 28.9 Å².